The van der Waals surface area contributed by atoms with Gasteiger partial charge in [-0.25, -0.2) is 13.1 Å². The van der Waals surface area contributed by atoms with Crippen LogP contribution in [0.1, 0.15) is 18.9 Å². The minimum Gasteiger partial charge on any atom is -0.312 e. The lowest BCUT2D eigenvalue weighted by atomic mass is 10.0. The molecule has 1 unspecified atom stereocenters. The zero-order valence-electron chi connectivity index (χ0n) is 12.8. The van der Waals surface area contributed by atoms with Crippen molar-refractivity contribution in [2.24, 2.45) is 0 Å². The van der Waals surface area contributed by atoms with E-state index in [0.717, 1.165) is 18.5 Å². The van der Waals surface area contributed by atoms with Crippen molar-refractivity contribution in [2.45, 2.75) is 37.2 Å². The summed E-state index contributed by atoms with van der Waals surface area (Å²) in [6.07, 6.45) is 2.24. The summed E-state index contributed by atoms with van der Waals surface area (Å²) in [7, 11) is -7.05. The van der Waals surface area contributed by atoms with Crippen LogP contribution in [0.3, 0.4) is 0 Å². The lowest BCUT2D eigenvalue weighted by Crippen LogP contribution is -2.55. The van der Waals surface area contributed by atoms with Crippen LogP contribution < -0.4 is 10.0 Å². The van der Waals surface area contributed by atoms with Gasteiger partial charge in [-0.1, -0.05) is 17.7 Å². The van der Waals surface area contributed by atoms with Crippen LogP contribution >= 0.6 is 0 Å². The Balaban J connectivity index is 0.000000220. The SMILES string of the molecule is CC(NS(C)(=O)=O)[C@@H]1CCN1.Cc1ccc(S(=O)(=O)O)cc1. The van der Waals surface area contributed by atoms with Crippen molar-refractivity contribution in [3.8, 4) is 0 Å². The molecule has 0 saturated carbocycles. The van der Waals surface area contributed by atoms with Gasteiger partial charge in [0, 0.05) is 12.1 Å². The van der Waals surface area contributed by atoms with Crippen molar-refractivity contribution in [2.75, 3.05) is 12.8 Å². The Kier molecular flexibility index (Phi) is 6.50. The van der Waals surface area contributed by atoms with Gasteiger partial charge in [0.25, 0.3) is 10.1 Å². The summed E-state index contributed by atoms with van der Waals surface area (Å²) in [5.41, 5.74) is 0.956. The van der Waals surface area contributed by atoms with Gasteiger partial charge in [-0.15, -0.1) is 0 Å². The zero-order valence-corrected chi connectivity index (χ0v) is 14.4. The first-order chi connectivity index (χ1) is 9.99. The fourth-order valence-corrected chi connectivity index (χ4v) is 3.19. The van der Waals surface area contributed by atoms with Crippen molar-refractivity contribution in [3.63, 3.8) is 0 Å². The first kappa shape index (κ1) is 19.0. The molecule has 1 aromatic rings. The first-order valence-corrected chi connectivity index (χ1v) is 10.1. The summed E-state index contributed by atoms with van der Waals surface area (Å²) in [5.74, 6) is 0. The highest BCUT2D eigenvalue weighted by Gasteiger charge is 2.24. The molecule has 1 aliphatic heterocycles. The molecule has 0 spiro atoms. The second-order valence-electron chi connectivity index (χ2n) is 5.32. The quantitative estimate of drug-likeness (QED) is 0.683. The van der Waals surface area contributed by atoms with E-state index in [-0.39, 0.29) is 10.9 Å². The summed E-state index contributed by atoms with van der Waals surface area (Å²) in [6, 6.07) is 6.32. The van der Waals surface area contributed by atoms with Crippen molar-refractivity contribution in [1.82, 2.24) is 10.0 Å². The molecule has 9 heteroatoms. The number of aryl methyl sites for hydroxylation is 1. The average molecular weight is 350 g/mol. The molecule has 1 saturated heterocycles. The predicted octanol–water partition coefficient (Wildman–Crippen LogP) is 0.528. The van der Waals surface area contributed by atoms with Crippen molar-refractivity contribution in [3.05, 3.63) is 29.8 Å². The van der Waals surface area contributed by atoms with Gasteiger partial charge in [0.15, 0.2) is 0 Å². The standard InChI is InChI=1S/C7H8O3S.C6H14N2O2S/c1-6-2-4-7(5-3-6)11(8,9)10;1-5(6-3-4-7-6)8-11(2,9)10/h2-5H,1H3,(H,8,9,10);5-8H,3-4H2,1-2H3/t;5?,6-/m.0/s1. The van der Waals surface area contributed by atoms with E-state index in [2.05, 4.69) is 10.0 Å². The van der Waals surface area contributed by atoms with Crippen LogP contribution in [-0.4, -0.2) is 46.3 Å². The highest BCUT2D eigenvalue weighted by atomic mass is 32.2. The molecule has 0 bridgehead atoms. The van der Waals surface area contributed by atoms with Crippen molar-refractivity contribution >= 4 is 20.1 Å². The van der Waals surface area contributed by atoms with E-state index < -0.39 is 20.1 Å². The molecule has 0 amide bonds. The second kappa shape index (κ2) is 7.51. The van der Waals surface area contributed by atoms with Gasteiger partial charge < -0.3 is 5.32 Å². The molecule has 1 aliphatic rings. The monoisotopic (exact) mass is 350 g/mol. The number of hydrogen-bond donors (Lipinski definition) is 3. The van der Waals surface area contributed by atoms with Crippen molar-refractivity contribution < 1.29 is 21.4 Å². The van der Waals surface area contributed by atoms with Crippen LogP contribution in [0.15, 0.2) is 29.2 Å². The fraction of sp³-hybridized carbons (Fsp3) is 0.538. The minimum atomic E-state index is -4.02. The maximum Gasteiger partial charge on any atom is 0.294 e. The summed E-state index contributed by atoms with van der Waals surface area (Å²) < 4.78 is 53.6. The van der Waals surface area contributed by atoms with E-state index in [0.29, 0.717) is 6.04 Å². The third kappa shape index (κ3) is 6.84. The molecule has 0 aliphatic carbocycles. The summed E-state index contributed by atoms with van der Waals surface area (Å²) in [5, 5.41) is 3.14. The molecule has 2 rings (SSSR count). The second-order valence-corrected chi connectivity index (χ2v) is 8.52. The Bertz CT molecular complexity index is 680. The maximum absolute atomic E-state index is 10.7. The zero-order chi connectivity index (χ0) is 17.0. The highest BCUT2D eigenvalue weighted by Crippen LogP contribution is 2.08. The topological polar surface area (TPSA) is 113 Å². The number of rotatable bonds is 4. The minimum absolute atomic E-state index is 0.0127. The van der Waals surface area contributed by atoms with Gasteiger partial charge in [0.2, 0.25) is 10.0 Å². The van der Waals surface area contributed by atoms with E-state index in [1.165, 1.54) is 18.4 Å². The molecule has 3 N–H and O–H groups in total. The molecule has 1 fully saturated rings. The van der Waals surface area contributed by atoms with Crippen LogP contribution in [0, 0.1) is 6.92 Å². The van der Waals surface area contributed by atoms with Gasteiger partial charge in [-0.3, -0.25) is 4.55 Å². The van der Waals surface area contributed by atoms with Crippen LogP contribution in [0.4, 0.5) is 0 Å². The molecule has 0 radical (unpaired) electrons. The molecule has 22 heavy (non-hydrogen) atoms. The van der Waals surface area contributed by atoms with E-state index in [1.54, 1.807) is 12.1 Å². The van der Waals surface area contributed by atoms with E-state index in [1.807, 2.05) is 13.8 Å². The molecule has 2 atom stereocenters. The molecular formula is C13H22N2O5S2. The van der Waals surface area contributed by atoms with Gasteiger partial charge in [-0.05, 0) is 38.9 Å². The van der Waals surface area contributed by atoms with Crippen LogP contribution in [0.5, 0.6) is 0 Å². The Hall–Kier alpha value is -1.00. The van der Waals surface area contributed by atoms with E-state index in [4.69, 9.17) is 4.55 Å². The van der Waals surface area contributed by atoms with Crippen LogP contribution in [-0.2, 0) is 20.1 Å². The molecule has 7 nitrogen and oxygen atoms in total. The third-order valence-electron chi connectivity index (χ3n) is 3.18. The number of nitrogens with one attached hydrogen (secondary N) is 2. The van der Waals surface area contributed by atoms with Crippen molar-refractivity contribution in [1.29, 1.82) is 0 Å². The summed E-state index contributed by atoms with van der Waals surface area (Å²) in [6.45, 7) is 4.71. The van der Waals surface area contributed by atoms with Crippen LogP contribution in [0.2, 0.25) is 0 Å². The van der Waals surface area contributed by atoms with E-state index >= 15 is 0 Å². The number of hydrogen-bond acceptors (Lipinski definition) is 5. The molecule has 0 aromatic heterocycles. The van der Waals surface area contributed by atoms with Gasteiger partial charge in [-0.2, -0.15) is 8.42 Å². The molecular weight excluding hydrogens is 328 g/mol. The van der Waals surface area contributed by atoms with E-state index in [9.17, 15) is 16.8 Å². The first-order valence-electron chi connectivity index (χ1n) is 6.74. The summed E-state index contributed by atoms with van der Waals surface area (Å²) >= 11 is 0. The Morgan fingerprint density at radius 3 is 2.05 bits per heavy atom. The third-order valence-corrected chi connectivity index (χ3v) is 4.85. The normalized spacial score (nSPS) is 19.5. The Labute approximate surface area is 131 Å². The predicted molar refractivity (Wildman–Crippen MR) is 84.8 cm³/mol. The Morgan fingerprint density at radius 2 is 1.73 bits per heavy atom. The molecule has 1 heterocycles. The summed E-state index contributed by atoms with van der Waals surface area (Å²) in [4.78, 5) is -0.0666. The maximum atomic E-state index is 10.7. The molecule has 126 valence electrons. The van der Waals surface area contributed by atoms with Gasteiger partial charge in [0.05, 0.1) is 11.2 Å². The fourth-order valence-electron chi connectivity index (χ4n) is 1.87. The largest absolute Gasteiger partial charge is 0.312 e. The number of sulfonamides is 1. The average Bonchev–Trinajstić information content (AvgIpc) is 2.23. The number of benzene rings is 1. The van der Waals surface area contributed by atoms with Gasteiger partial charge in [0.1, 0.15) is 0 Å². The smallest absolute Gasteiger partial charge is 0.294 e. The van der Waals surface area contributed by atoms with Gasteiger partial charge >= 0.3 is 0 Å². The molecule has 1 aromatic carbocycles. The van der Waals surface area contributed by atoms with Crippen LogP contribution in [0.25, 0.3) is 0 Å². The highest BCUT2D eigenvalue weighted by molar-refractivity contribution is 7.88. The lowest BCUT2D eigenvalue weighted by Gasteiger charge is -2.32. The lowest BCUT2D eigenvalue weighted by molar-refractivity contribution is 0.314. The Morgan fingerprint density at radius 1 is 1.23 bits per heavy atom.